The summed E-state index contributed by atoms with van der Waals surface area (Å²) in [6.45, 7) is 1.71. The summed E-state index contributed by atoms with van der Waals surface area (Å²) in [5.41, 5.74) is 4.67. The number of aromatic nitrogens is 1. The van der Waals surface area contributed by atoms with E-state index in [4.69, 9.17) is 5.73 Å². The third kappa shape index (κ3) is 3.50. The van der Waals surface area contributed by atoms with Gasteiger partial charge in [-0.3, -0.25) is 4.79 Å². The molecular weight excluding hydrogens is 283 g/mol. The first-order valence-electron chi connectivity index (χ1n) is 5.99. The molecular formula is C14H12F3N3O. The molecule has 1 heterocycles. The van der Waals surface area contributed by atoms with Crippen molar-refractivity contribution in [3.63, 3.8) is 0 Å². The molecule has 21 heavy (non-hydrogen) atoms. The maximum Gasteiger partial charge on any atom is 0.418 e. The number of alkyl halides is 3. The Hall–Kier alpha value is -2.57. The standard InChI is InChI=1S/C14H12F3N3O/c1-8-3-2-4-12(19-8)13(21)20-9-5-6-11(18)10(7-9)14(15,16)17/h2-7H,18H2,1H3,(H,20,21). The molecule has 1 amide bonds. The van der Waals surface area contributed by atoms with Crippen molar-refractivity contribution in [1.82, 2.24) is 4.98 Å². The van der Waals surface area contributed by atoms with Crippen LogP contribution >= 0.6 is 0 Å². The van der Waals surface area contributed by atoms with Gasteiger partial charge in [0.15, 0.2) is 0 Å². The number of nitrogens with zero attached hydrogens (tertiary/aromatic N) is 1. The molecule has 0 atom stereocenters. The molecule has 2 rings (SSSR count). The van der Waals surface area contributed by atoms with Crippen LogP contribution < -0.4 is 11.1 Å². The fraction of sp³-hybridized carbons (Fsp3) is 0.143. The summed E-state index contributed by atoms with van der Waals surface area (Å²) >= 11 is 0. The predicted octanol–water partition coefficient (Wildman–Crippen LogP) is 3.24. The topological polar surface area (TPSA) is 68.0 Å². The van der Waals surface area contributed by atoms with Crippen molar-refractivity contribution in [1.29, 1.82) is 0 Å². The van der Waals surface area contributed by atoms with E-state index in [1.807, 2.05) is 0 Å². The number of halogens is 3. The molecule has 0 unspecified atom stereocenters. The van der Waals surface area contributed by atoms with E-state index in [-0.39, 0.29) is 11.4 Å². The number of carbonyl (C=O) groups is 1. The first-order chi connectivity index (χ1) is 9.77. The van der Waals surface area contributed by atoms with E-state index in [2.05, 4.69) is 10.3 Å². The molecule has 0 saturated carbocycles. The number of benzene rings is 1. The Balaban J connectivity index is 2.26. The summed E-state index contributed by atoms with van der Waals surface area (Å²) in [5.74, 6) is -0.586. The minimum absolute atomic E-state index is 0.00447. The summed E-state index contributed by atoms with van der Waals surface area (Å²) in [7, 11) is 0. The van der Waals surface area contributed by atoms with E-state index in [1.165, 1.54) is 12.1 Å². The highest BCUT2D eigenvalue weighted by molar-refractivity contribution is 6.03. The lowest BCUT2D eigenvalue weighted by molar-refractivity contribution is -0.136. The molecule has 7 heteroatoms. The number of rotatable bonds is 2. The Bertz CT molecular complexity index is 683. The molecule has 0 aliphatic heterocycles. The third-order valence-electron chi connectivity index (χ3n) is 2.74. The summed E-state index contributed by atoms with van der Waals surface area (Å²) < 4.78 is 38.2. The van der Waals surface area contributed by atoms with Crippen LogP contribution in [0.4, 0.5) is 24.5 Å². The summed E-state index contributed by atoms with van der Waals surface area (Å²) in [6, 6.07) is 8.02. The van der Waals surface area contributed by atoms with Crippen LogP contribution in [0.25, 0.3) is 0 Å². The number of nitrogens with two attached hydrogens (primary N) is 1. The monoisotopic (exact) mass is 295 g/mol. The zero-order valence-electron chi connectivity index (χ0n) is 11.0. The lowest BCUT2D eigenvalue weighted by Gasteiger charge is -2.12. The van der Waals surface area contributed by atoms with Crippen molar-refractivity contribution in [3.8, 4) is 0 Å². The van der Waals surface area contributed by atoms with Crippen LogP contribution in [0.3, 0.4) is 0 Å². The minimum Gasteiger partial charge on any atom is -0.398 e. The van der Waals surface area contributed by atoms with Crippen LogP contribution in [-0.4, -0.2) is 10.9 Å². The zero-order valence-corrected chi connectivity index (χ0v) is 11.0. The molecule has 3 N–H and O–H groups in total. The molecule has 0 saturated heterocycles. The fourth-order valence-electron chi connectivity index (χ4n) is 1.74. The molecule has 1 aromatic carbocycles. The first kappa shape index (κ1) is 14.8. The number of hydrogen-bond acceptors (Lipinski definition) is 3. The van der Waals surface area contributed by atoms with Crippen molar-refractivity contribution in [2.75, 3.05) is 11.1 Å². The van der Waals surface area contributed by atoms with Crippen LogP contribution in [0.15, 0.2) is 36.4 Å². The van der Waals surface area contributed by atoms with Crippen LogP contribution in [0, 0.1) is 6.92 Å². The van der Waals surface area contributed by atoms with Gasteiger partial charge in [0.1, 0.15) is 5.69 Å². The second-order valence-electron chi connectivity index (χ2n) is 4.42. The number of nitrogens with one attached hydrogen (secondary N) is 1. The fourth-order valence-corrected chi connectivity index (χ4v) is 1.74. The predicted molar refractivity (Wildman–Crippen MR) is 72.8 cm³/mol. The van der Waals surface area contributed by atoms with Gasteiger partial charge in [-0.25, -0.2) is 4.98 Å². The Morgan fingerprint density at radius 3 is 2.57 bits per heavy atom. The molecule has 2 aromatic rings. The van der Waals surface area contributed by atoms with Gasteiger partial charge in [0.2, 0.25) is 0 Å². The lowest BCUT2D eigenvalue weighted by Crippen LogP contribution is -2.15. The highest BCUT2D eigenvalue weighted by Crippen LogP contribution is 2.35. The second kappa shape index (κ2) is 5.43. The highest BCUT2D eigenvalue weighted by Gasteiger charge is 2.33. The summed E-state index contributed by atoms with van der Waals surface area (Å²) in [6.07, 6.45) is -4.58. The van der Waals surface area contributed by atoms with Gasteiger partial charge in [0, 0.05) is 17.1 Å². The van der Waals surface area contributed by atoms with Gasteiger partial charge < -0.3 is 11.1 Å². The van der Waals surface area contributed by atoms with Crippen molar-refractivity contribution in [2.24, 2.45) is 0 Å². The van der Waals surface area contributed by atoms with E-state index < -0.39 is 23.3 Å². The van der Waals surface area contributed by atoms with Gasteiger partial charge >= 0.3 is 6.18 Å². The molecule has 1 aromatic heterocycles. The largest absolute Gasteiger partial charge is 0.418 e. The summed E-state index contributed by atoms with van der Waals surface area (Å²) in [5, 5.41) is 2.37. The van der Waals surface area contributed by atoms with Crippen molar-refractivity contribution in [3.05, 3.63) is 53.3 Å². The Morgan fingerprint density at radius 2 is 1.95 bits per heavy atom. The molecule has 0 radical (unpaired) electrons. The Morgan fingerprint density at radius 1 is 1.24 bits per heavy atom. The van der Waals surface area contributed by atoms with Crippen LogP contribution in [-0.2, 0) is 6.18 Å². The maximum absolute atomic E-state index is 12.7. The van der Waals surface area contributed by atoms with Gasteiger partial charge in [-0.1, -0.05) is 6.07 Å². The Kier molecular flexibility index (Phi) is 3.84. The normalized spacial score (nSPS) is 11.2. The van der Waals surface area contributed by atoms with E-state index in [9.17, 15) is 18.0 Å². The number of hydrogen-bond donors (Lipinski definition) is 2. The smallest absolute Gasteiger partial charge is 0.398 e. The molecule has 110 valence electrons. The van der Waals surface area contributed by atoms with Gasteiger partial charge in [-0.15, -0.1) is 0 Å². The van der Waals surface area contributed by atoms with Gasteiger partial charge in [-0.05, 0) is 37.3 Å². The van der Waals surface area contributed by atoms with Crippen LogP contribution in [0.2, 0.25) is 0 Å². The molecule has 4 nitrogen and oxygen atoms in total. The quantitative estimate of drug-likeness (QED) is 0.836. The van der Waals surface area contributed by atoms with Crippen molar-refractivity contribution >= 4 is 17.3 Å². The lowest BCUT2D eigenvalue weighted by atomic mass is 10.1. The second-order valence-corrected chi connectivity index (χ2v) is 4.42. The number of nitrogen functional groups attached to an aromatic ring is 1. The average molecular weight is 295 g/mol. The van der Waals surface area contributed by atoms with Crippen molar-refractivity contribution < 1.29 is 18.0 Å². The summed E-state index contributed by atoms with van der Waals surface area (Å²) in [4.78, 5) is 15.9. The van der Waals surface area contributed by atoms with Gasteiger partial charge in [0.05, 0.1) is 5.56 Å². The molecule has 0 aliphatic rings. The van der Waals surface area contributed by atoms with Crippen molar-refractivity contribution in [2.45, 2.75) is 13.1 Å². The number of pyridine rings is 1. The maximum atomic E-state index is 12.7. The van der Waals surface area contributed by atoms with Gasteiger partial charge in [-0.2, -0.15) is 13.2 Å². The molecule has 0 fully saturated rings. The van der Waals surface area contributed by atoms with Crippen LogP contribution in [0.5, 0.6) is 0 Å². The number of carbonyl (C=O) groups excluding carboxylic acids is 1. The van der Waals surface area contributed by atoms with E-state index >= 15 is 0 Å². The SMILES string of the molecule is Cc1cccc(C(=O)Nc2ccc(N)c(C(F)(F)F)c2)n1. The Labute approximate surface area is 118 Å². The van der Waals surface area contributed by atoms with E-state index in [1.54, 1.807) is 19.1 Å². The average Bonchev–Trinajstić information content (AvgIpc) is 2.39. The highest BCUT2D eigenvalue weighted by atomic mass is 19.4. The van der Waals surface area contributed by atoms with E-state index in [0.717, 1.165) is 12.1 Å². The van der Waals surface area contributed by atoms with E-state index in [0.29, 0.717) is 5.69 Å². The molecule has 0 aliphatic carbocycles. The number of aryl methyl sites for hydroxylation is 1. The zero-order chi connectivity index (χ0) is 15.6. The minimum atomic E-state index is -4.58. The van der Waals surface area contributed by atoms with Gasteiger partial charge in [0.25, 0.3) is 5.91 Å². The number of anilines is 2. The molecule has 0 spiro atoms. The molecule has 0 bridgehead atoms. The number of amides is 1. The first-order valence-corrected chi connectivity index (χ1v) is 5.99. The third-order valence-corrected chi connectivity index (χ3v) is 2.74. The van der Waals surface area contributed by atoms with Crippen LogP contribution in [0.1, 0.15) is 21.7 Å².